The zero-order chi connectivity index (χ0) is 8.91. The fourth-order valence-electron chi connectivity index (χ4n) is 1.02. The minimum Gasteiger partial charge on any atom is -0.355 e. The molecule has 0 aliphatic heterocycles. The van der Waals surface area contributed by atoms with Crippen LogP contribution in [-0.2, 0) is 14.3 Å². The van der Waals surface area contributed by atoms with Crippen molar-refractivity contribution in [3.63, 3.8) is 0 Å². The Labute approximate surface area is 67.6 Å². The quantitative estimate of drug-likeness (QED) is 0.474. The third kappa shape index (κ3) is 3.16. The Kier molecular flexibility index (Phi) is 4.60. The highest BCUT2D eigenvalue weighted by Crippen LogP contribution is 2.23. The van der Waals surface area contributed by atoms with Crippen molar-refractivity contribution < 1.29 is 14.3 Å². The summed E-state index contributed by atoms with van der Waals surface area (Å²) in [6.07, 6.45) is -0.286. The molecule has 0 saturated carbocycles. The minimum atomic E-state index is -0.286. The van der Waals surface area contributed by atoms with Gasteiger partial charge in [-0.05, 0) is 0 Å². The molecule has 0 rings (SSSR count). The van der Waals surface area contributed by atoms with E-state index < -0.39 is 0 Å². The van der Waals surface area contributed by atoms with Crippen LogP contribution in [0.15, 0.2) is 0 Å². The van der Waals surface area contributed by atoms with Gasteiger partial charge < -0.3 is 14.3 Å². The summed E-state index contributed by atoms with van der Waals surface area (Å²) >= 11 is 0. The lowest BCUT2D eigenvalue weighted by Crippen LogP contribution is -2.37. The van der Waals surface area contributed by atoms with E-state index >= 15 is 0 Å². The first-order valence-corrected chi connectivity index (χ1v) is 3.45. The SMILES string of the molecule is COC(OC)C(C)(C)CON. The van der Waals surface area contributed by atoms with Gasteiger partial charge in [0.25, 0.3) is 0 Å². The molecule has 0 bridgehead atoms. The van der Waals surface area contributed by atoms with E-state index in [4.69, 9.17) is 15.4 Å². The number of hydrogen-bond donors (Lipinski definition) is 1. The summed E-state index contributed by atoms with van der Waals surface area (Å²) in [4.78, 5) is 4.53. The Morgan fingerprint density at radius 2 is 1.73 bits per heavy atom. The lowest BCUT2D eigenvalue weighted by molar-refractivity contribution is -0.184. The van der Waals surface area contributed by atoms with Crippen LogP contribution in [0.5, 0.6) is 0 Å². The molecule has 4 heteroatoms. The van der Waals surface area contributed by atoms with Crippen LogP contribution in [0.25, 0.3) is 0 Å². The summed E-state index contributed by atoms with van der Waals surface area (Å²) in [5.41, 5.74) is -0.224. The van der Waals surface area contributed by atoms with Gasteiger partial charge in [0.15, 0.2) is 6.29 Å². The van der Waals surface area contributed by atoms with Gasteiger partial charge in [-0.2, -0.15) is 0 Å². The predicted molar refractivity (Wildman–Crippen MR) is 41.7 cm³/mol. The van der Waals surface area contributed by atoms with Crippen LogP contribution in [0.1, 0.15) is 13.8 Å². The standard InChI is InChI=1S/C7H17NO3/c1-7(2,5-11-8)6(9-3)10-4/h6H,5,8H2,1-4H3. The number of methoxy groups -OCH3 is 2. The van der Waals surface area contributed by atoms with Crippen molar-refractivity contribution in [3.8, 4) is 0 Å². The summed E-state index contributed by atoms with van der Waals surface area (Å²) < 4.78 is 10.1. The molecule has 68 valence electrons. The first-order chi connectivity index (χ1) is 5.08. The maximum absolute atomic E-state index is 5.06. The van der Waals surface area contributed by atoms with Crippen LogP contribution < -0.4 is 5.90 Å². The third-order valence-corrected chi connectivity index (χ3v) is 1.52. The van der Waals surface area contributed by atoms with Gasteiger partial charge in [-0.1, -0.05) is 13.8 Å². The first-order valence-electron chi connectivity index (χ1n) is 3.45. The molecule has 0 aromatic carbocycles. The molecule has 0 aromatic rings. The fourth-order valence-corrected chi connectivity index (χ4v) is 1.02. The average Bonchev–Trinajstić information content (AvgIpc) is 1.89. The molecule has 0 fully saturated rings. The summed E-state index contributed by atoms with van der Waals surface area (Å²) in [7, 11) is 3.18. The van der Waals surface area contributed by atoms with Gasteiger partial charge in [0.1, 0.15) is 0 Å². The van der Waals surface area contributed by atoms with E-state index in [0.29, 0.717) is 6.61 Å². The maximum Gasteiger partial charge on any atom is 0.164 e. The summed E-state index contributed by atoms with van der Waals surface area (Å²) in [6.45, 7) is 4.31. The van der Waals surface area contributed by atoms with Crippen LogP contribution >= 0.6 is 0 Å². The average molecular weight is 163 g/mol. The lowest BCUT2D eigenvalue weighted by Gasteiger charge is -2.30. The molecule has 0 aromatic heterocycles. The van der Waals surface area contributed by atoms with E-state index in [9.17, 15) is 0 Å². The van der Waals surface area contributed by atoms with Crippen molar-refractivity contribution in [1.82, 2.24) is 0 Å². The fraction of sp³-hybridized carbons (Fsp3) is 1.00. The Morgan fingerprint density at radius 1 is 1.27 bits per heavy atom. The lowest BCUT2D eigenvalue weighted by atomic mass is 9.94. The van der Waals surface area contributed by atoms with Gasteiger partial charge in [0.2, 0.25) is 0 Å². The second-order valence-electron chi connectivity index (χ2n) is 3.10. The molecule has 0 atom stereocenters. The van der Waals surface area contributed by atoms with Crippen molar-refractivity contribution in [2.75, 3.05) is 20.8 Å². The number of nitrogens with two attached hydrogens (primary N) is 1. The van der Waals surface area contributed by atoms with Gasteiger partial charge in [0.05, 0.1) is 6.61 Å². The molecule has 4 nitrogen and oxygen atoms in total. The van der Waals surface area contributed by atoms with E-state index in [1.54, 1.807) is 14.2 Å². The first kappa shape index (κ1) is 10.8. The maximum atomic E-state index is 5.06. The highest BCUT2D eigenvalue weighted by molar-refractivity contribution is 4.71. The molecular formula is C7H17NO3. The van der Waals surface area contributed by atoms with Crippen molar-refractivity contribution in [2.24, 2.45) is 11.3 Å². The molecular weight excluding hydrogens is 146 g/mol. The Bertz CT molecular complexity index is 102. The van der Waals surface area contributed by atoms with Crippen molar-refractivity contribution >= 4 is 0 Å². The highest BCUT2D eigenvalue weighted by atomic mass is 16.7. The van der Waals surface area contributed by atoms with Gasteiger partial charge in [0, 0.05) is 19.6 Å². The third-order valence-electron chi connectivity index (χ3n) is 1.52. The van der Waals surface area contributed by atoms with Crippen LogP contribution in [0.4, 0.5) is 0 Å². The number of ether oxygens (including phenoxy) is 2. The van der Waals surface area contributed by atoms with E-state index in [-0.39, 0.29) is 11.7 Å². The van der Waals surface area contributed by atoms with Crippen LogP contribution in [0.3, 0.4) is 0 Å². The smallest absolute Gasteiger partial charge is 0.164 e. The summed E-state index contributed by atoms with van der Waals surface area (Å²) in [5, 5.41) is 0. The molecule has 0 radical (unpaired) electrons. The zero-order valence-electron chi connectivity index (χ0n) is 7.59. The topological polar surface area (TPSA) is 53.7 Å². The van der Waals surface area contributed by atoms with Crippen LogP contribution in [-0.4, -0.2) is 27.1 Å². The molecule has 0 saturated heterocycles. The molecule has 0 aliphatic rings. The second kappa shape index (κ2) is 4.66. The van der Waals surface area contributed by atoms with Gasteiger partial charge in [-0.3, -0.25) is 0 Å². The van der Waals surface area contributed by atoms with Gasteiger partial charge >= 0.3 is 0 Å². The predicted octanol–water partition coefficient (Wildman–Crippen LogP) is 0.522. The minimum absolute atomic E-state index is 0.224. The molecule has 0 unspecified atom stereocenters. The zero-order valence-corrected chi connectivity index (χ0v) is 7.59. The monoisotopic (exact) mass is 163 g/mol. The molecule has 11 heavy (non-hydrogen) atoms. The molecule has 0 amide bonds. The highest BCUT2D eigenvalue weighted by Gasteiger charge is 2.29. The largest absolute Gasteiger partial charge is 0.355 e. The normalized spacial score (nSPS) is 12.5. The Balaban J connectivity index is 4.00. The molecule has 2 N–H and O–H groups in total. The summed E-state index contributed by atoms with van der Waals surface area (Å²) in [5.74, 6) is 4.95. The van der Waals surface area contributed by atoms with Crippen LogP contribution in [0, 0.1) is 5.41 Å². The second-order valence-corrected chi connectivity index (χ2v) is 3.10. The Hall–Kier alpha value is -0.160. The molecule has 0 heterocycles. The van der Waals surface area contributed by atoms with Gasteiger partial charge in [-0.15, -0.1) is 0 Å². The van der Waals surface area contributed by atoms with Crippen molar-refractivity contribution in [1.29, 1.82) is 0 Å². The van der Waals surface area contributed by atoms with E-state index in [0.717, 1.165) is 0 Å². The van der Waals surface area contributed by atoms with Gasteiger partial charge in [-0.25, -0.2) is 5.90 Å². The van der Waals surface area contributed by atoms with Crippen molar-refractivity contribution in [2.45, 2.75) is 20.1 Å². The van der Waals surface area contributed by atoms with Crippen LogP contribution in [0.2, 0.25) is 0 Å². The van der Waals surface area contributed by atoms with E-state index in [1.807, 2.05) is 13.8 Å². The van der Waals surface area contributed by atoms with E-state index in [1.165, 1.54) is 0 Å². The van der Waals surface area contributed by atoms with Crippen molar-refractivity contribution in [3.05, 3.63) is 0 Å². The molecule has 0 spiro atoms. The number of rotatable bonds is 5. The molecule has 0 aliphatic carbocycles. The number of hydrogen-bond acceptors (Lipinski definition) is 4. The summed E-state index contributed by atoms with van der Waals surface area (Å²) in [6, 6.07) is 0. The van der Waals surface area contributed by atoms with E-state index in [2.05, 4.69) is 4.84 Å². The Morgan fingerprint density at radius 3 is 2.00 bits per heavy atom.